The highest BCUT2D eigenvalue weighted by atomic mass is 16.5. The minimum atomic E-state index is -0.397. The van der Waals surface area contributed by atoms with E-state index in [4.69, 9.17) is 10.5 Å². The van der Waals surface area contributed by atoms with Gasteiger partial charge in [0.25, 0.3) is 5.91 Å². The Morgan fingerprint density at radius 3 is 2.58 bits per heavy atom. The van der Waals surface area contributed by atoms with Crippen LogP contribution in [0.15, 0.2) is 12.3 Å². The summed E-state index contributed by atoms with van der Waals surface area (Å²) < 4.78 is 6.53. The molecule has 0 aliphatic heterocycles. The summed E-state index contributed by atoms with van der Waals surface area (Å²) in [4.78, 5) is 25.3. The van der Waals surface area contributed by atoms with Crippen molar-refractivity contribution in [2.24, 2.45) is 7.05 Å². The first kappa shape index (κ1) is 15.1. The summed E-state index contributed by atoms with van der Waals surface area (Å²) in [6.45, 7) is 4.46. The molecule has 1 heterocycles. The zero-order valence-corrected chi connectivity index (χ0v) is 11.7. The Labute approximate surface area is 113 Å². The highest BCUT2D eigenvalue weighted by Gasteiger charge is 2.21. The minimum absolute atomic E-state index is 0.0361. The van der Waals surface area contributed by atoms with E-state index in [2.05, 4.69) is 0 Å². The lowest BCUT2D eigenvalue weighted by atomic mass is 10.3. The fraction of sp³-hybridized carbons (Fsp3) is 0.538. The molecule has 1 aromatic rings. The van der Waals surface area contributed by atoms with Gasteiger partial charge in [-0.2, -0.15) is 0 Å². The number of carbonyl (C=O) groups excluding carboxylic acids is 2. The van der Waals surface area contributed by atoms with Crippen molar-refractivity contribution in [2.45, 2.75) is 20.3 Å². The summed E-state index contributed by atoms with van der Waals surface area (Å²) in [6, 6.07) is 1.61. The number of nitrogens with zero attached hydrogens (tertiary/aromatic N) is 2. The van der Waals surface area contributed by atoms with E-state index in [1.54, 1.807) is 30.8 Å². The SMILES string of the molecule is CCCN(CC(=O)OCC)C(=O)c1cc(N)cn1C. The molecule has 6 nitrogen and oxygen atoms in total. The van der Waals surface area contributed by atoms with Gasteiger partial charge in [0.15, 0.2) is 0 Å². The predicted molar refractivity (Wildman–Crippen MR) is 72.7 cm³/mol. The van der Waals surface area contributed by atoms with Gasteiger partial charge < -0.3 is 19.9 Å². The summed E-state index contributed by atoms with van der Waals surface area (Å²) >= 11 is 0. The van der Waals surface area contributed by atoms with Gasteiger partial charge >= 0.3 is 5.97 Å². The number of rotatable bonds is 6. The first-order valence-electron chi connectivity index (χ1n) is 6.36. The van der Waals surface area contributed by atoms with Gasteiger partial charge in [0.2, 0.25) is 0 Å². The minimum Gasteiger partial charge on any atom is -0.465 e. The number of ether oxygens (including phenoxy) is 1. The molecule has 1 rings (SSSR count). The highest BCUT2D eigenvalue weighted by Crippen LogP contribution is 2.12. The molecule has 0 saturated carbocycles. The Morgan fingerprint density at radius 2 is 2.11 bits per heavy atom. The van der Waals surface area contributed by atoms with Gasteiger partial charge in [0.1, 0.15) is 12.2 Å². The lowest BCUT2D eigenvalue weighted by Crippen LogP contribution is -2.37. The Morgan fingerprint density at radius 1 is 1.42 bits per heavy atom. The van der Waals surface area contributed by atoms with E-state index in [0.29, 0.717) is 24.5 Å². The third kappa shape index (κ3) is 4.01. The van der Waals surface area contributed by atoms with Gasteiger partial charge in [0, 0.05) is 19.8 Å². The Kier molecular flexibility index (Phi) is 5.41. The van der Waals surface area contributed by atoms with Gasteiger partial charge in [0.05, 0.1) is 12.3 Å². The van der Waals surface area contributed by atoms with Crippen LogP contribution in [0, 0.1) is 0 Å². The number of esters is 1. The van der Waals surface area contributed by atoms with Crippen molar-refractivity contribution in [1.29, 1.82) is 0 Å². The fourth-order valence-corrected chi connectivity index (χ4v) is 1.85. The molecule has 0 radical (unpaired) electrons. The number of nitrogen functional groups attached to an aromatic ring is 1. The fourth-order valence-electron chi connectivity index (χ4n) is 1.85. The summed E-state index contributed by atoms with van der Waals surface area (Å²) in [5.74, 6) is -0.611. The Hall–Kier alpha value is -1.98. The number of carbonyl (C=O) groups is 2. The maximum absolute atomic E-state index is 12.4. The van der Waals surface area contributed by atoms with E-state index >= 15 is 0 Å². The largest absolute Gasteiger partial charge is 0.465 e. The molecule has 0 aliphatic carbocycles. The average Bonchev–Trinajstić information content (AvgIpc) is 2.67. The molecule has 0 saturated heterocycles. The van der Waals surface area contributed by atoms with Crippen LogP contribution < -0.4 is 5.73 Å². The molecule has 0 unspecified atom stereocenters. The molecule has 0 bridgehead atoms. The molecule has 0 fully saturated rings. The number of hydrogen-bond donors (Lipinski definition) is 1. The molecular formula is C13H21N3O3. The lowest BCUT2D eigenvalue weighted by molar-refractivity contribution is -0.143. The molecule has 6 heteroatoms. The molecule has 1 aromatic heterocycles. The van der Waals surface area contributed by atoms with Crippen molar-refractivity contribution in [1.82, 2.24) is 9.47 Å². The monoisotopic (exact) mass is 267 g/mol. The average molecular weight is 267 g/mol. The summed E-state index contributed by atoms with van der Waals surface area (Å²) in [5.41, 5.74) is 6.65. The molecule has 1 amide bonds. The maximum atomic E-state index is 12.4. The number of hydrogen-bond acceptors (Lipinski definition) is 4. The van der Waals surface area contributed by atoms with Crippen molar-refractivity contribution < 1.29 is 14.3 Å². The number of amides is 1. The van der Waals surface area contributed by atoms with Crippen molar-refractivity contribution in [3.05, 3.63) is 18.0 Å². The standard InChI is InChI=1S/C13H21N3O3/c1-4-6-16(9-12(17)19-5-2)13(18)11-7-10(14)8-15(11)3/h7-8H,4-6,9,14H2,1-3H3. The van der Waals surface area contributed by atoms with Crippen LogP contribution in [0.4, 0.5) is 5.69 Å². The predicted octanol–water partition coefficient (Wildman–Crippen LogP) is 1.02. The second-order valence-electron chi connectivity index (χ2n) is 4.30. The molecule has 0 aromatic carbocycles. The van der Waals surface area contributed by atoms with Crippen LogP contribution >= 0.6 is 0 Å². The van der Waals surface area contributed by atoms with Crippen molar-refractivity contribution in [3.8, 4) is 0 Å². The van der Waals surface area contributed by atoms with Crippen LogP contribution in [0.25, 0.3) is 0 Å². The summed E-state index contributed by atoms with van der Waals surface area (Å²) in [7, 11) is 1.75. The van der Waals surface area contributed by atoms with Crippen LogP contribution in [-0.2, 0) is 16.6 Å². The van der Waals surface area contributed by atoms with Crippen LogP contribution in [0.2, 0.25) is 0 Å². The van der Waals surface area contributed by atoms with Crippen LogP contribution in [0.3, 0.4) is 0 Å². The van der Waals surface area contributed by atoms with E-state index in [9.17, 15) is 9.59 Å². The van der Waals surface area contributed by atoms with Gasteiger partial charge in [-0.15, -0.1) is 0 Å². The molecule has 19 heavy (non-hydrogen) atoms. The first-order chi connectivity index (χ1) is 8.99. The summed E-state index contributed by atoms with van der Waals surface area (Å²) in [6.07, 6.45) is 2.44. The third-order valence-corrected chi connectivity index (χ3v) is 2.65. The van der Waals surface area contributed by atoms with E-state index in [1.165, 1.54) is 4.90 Å². The quantitative estimate of drug-likeness (QED) is 0.781. The van der Waals surface area contributed by atoms with E-state index in [-0.39, 0.29) is 12.5 Å². The lowest BCUT2D eigenvalue weighted by Gasteiger charge is -2.21. The molecular weight excluding hydrogens is 246 g/mol. The van der Waals surface area contributed by atoms with Crippen molar-refractivity contribution in [3.63, 3.8) is 0 Å². The maximum Gasteiger partial charge on any atom is 0.325 e. The molecule has 0 atom stereocenters. The highest BCUT2D eigenvalue weighted by molar-refractivity contribution is 5.95. The Balaban J connectivity index is 2.83. The number of anilines is 1. The van der Waals surface area contributed by atoms with E-state index < -0.39 is 5.97 Å². The normalized spacial score (nSPS) is 10.3. The van der Waals surface area contributed by atoms with Crippen LogP contribution in [-0.4, -0.2) is 41.0 Å². The van der Waals surface area contributed by atoms with Crippen molar-refractivity contribution >= 4 is 17.6 Å². The molecule has 106 valence electrons. The first-order valence-corrected chi connectivity index (χ1v) is 6.36. The molecule has 0 aliphatic rings. The third-order valence-electron chi connectivity index (χ3n) is 2.65. The van der Waals surface area contributed by atoms with E-state index in [0.717, 1.165) is 6.42 Å². The number of aryl methyl sites for hydroxylation is 1. The smallest absolute Gasteiger partial charge is 0.325 e. The van der Waals surface area contributed by atoms with Gasteiger partial charge in [-0.1, -0.05) is 6.92 Å². The summed E-state index contributed by atoms with van der Waals surface area (Å²) in [5, 5.41) is 0. The molecule has 0 spiro atoms. The topological polar surface area (TPSA) is 77.6 Å². The Bertz CT molecular complexity index is 454. The second kappa shape index (κ2) is 6.82. The van der Waals surface area contributed by atoms with Gasteiger partial charge in [-0.25, -0.2) is 0 Å². The molecule has 2 N–H and O–H groups in total. The van der Waals surface area contributed by atoms with Crippen molar-refractivity contribution in [2.75, 3.05) is 25.4 Å². The number of aromatic nitrogens is 1. The van der Waals surface area contributed by atoms with E-state index in [1.807, 2.05) is 6.92 Å². The van der Waals surface area contributed by atoms with Crippen LogP contribution in [0.1, 0.15) is 30.8 Å². The second-order valence-corrected chi connectivity index (χ2v) is 4.30. The number of nitrogens with two attached hydrogens (primary N) is 1. The van der Waals surface area contributed by atoms with Crippen LogP contribution in [0.5, 0.6) is 0 Å². The van der Waals surface area contributed by atoms with Gasteiger partial charge in [-0.3, -0.25) is 9.59 Å². The zero-order chi connectivity index (χ0) is 14.4. The zero-order valence-electron chi connectivity index (χ0n) is 11.7. The van der Waals surface area contributed by atoms with Gasteiger partial charge in [-0.05, 0) is 19.4 Å².